The first kappa shape index (κ1) is 9.31. The Bertz CT molecular complexity index is 396. The van der Waals surface area contributed by atoms with Crippen molar-refractivity contribution in [1.82, 2.24) is 0 Å². The summed E-state index contributed by atoms with van der Waals surface area (Å²) in [6.07, 6.45) is 0.660. The molecule has 80 valence electrons. The highest BCUT2D eigenvalue weighted by molar-refractivity contribution is 6.31. The van der Waals surface area contributed by atoms with Crippen molar-refractivity contribution in [3.05, 3.63) is 23.2 Å². The van der Waals surface area contributed by atoms with Gasteiger partial charge in [0.25, 0.3) is 0 Å². The van der Waals surface area contributed by atoms with E-state index in [1.54, 1.807) is 0 Å². The summed E-state index contributed by atoms with van der Waals surface area (Å²) in [5, 5.41) is 13.8. The summed E-state index contributed by atoms with van der Waals surface area (Å²) in [5.74, 6) is 0. The van der Waals surface area contributed by atoms with Crippen molar-refractivity contribution < 1.29 is 5.11 Å². The lowest BCUT2D eigenvalue weighted by atomic mass is 10.1. The molecular weight excluding hydrogens is 212 g/mol. The van der Waals surface area contributed by atoms with Crippen LogP contribution in [0, 0.1) is 0 Å². The first-order chi connectivity index (χ1) is 7.24. The standard InChI is InChI=1S/C11H13ClN2O/c12-7-1-2-11-10(3-7)13-5-8-4-9(15)6-14(8)11/h1-3,8-9,13,15H,4-6H2. The number of hydrogen-bond donors (Lipinski definition) is 2. The number of nitrogens with one attached hydrogen (secondary N) is 1. The molecule has 2 aliphatic heterocycles. The van der Waals surface area contributed by atoms with E-state index in [0.29, 0.717) is 6.04 Å². The lowest BCUT2D eigenvalue weighted by Gasteiger charge is -2.34. The minimum absolute atomic E-state index is 0.196. The predicted molar refractivity (Wildman–Crippen MR) is 61.7 cm³/mol. The Morgan fingerprint density at radius 1 is 1.47 bits per heavy atom. The summed E-state index contributed by atoms with van der Waals surface area (Å²) in [6, 6.07) is 6.29. The van der Waals surface area contributed by atoms with Crippen LogP contribution in [-0.4, -0.2) is 30.3 Å². The first-order valence-electron chi connectivity index (χ1n) is 5.22. The molecule has 4 heteroatoms. The molecule has 2 unspecified atom stereocenters. The summed E-state index contributed by atoms with van der Waals surface area (Å²) in [4.78, 5) is 2.27. The van der Waals surface area contributed by atoms with Crippen molar-refractivity contribution in [3.8, 4) is 0 Å². The highest BCUT2D eigenvalue weighted by Gasteiger charge is 2.34. The number of anilines is 2. The van der Waals surface area contributed by atoms with Gasteiger partial charge in [-0.05, 0) is 24.6 Å². The van der Waals surface area contributed by atoms with E-state index in [1.165, 1.54) is 0 Å². The van der Waals surface area contributed by atoms with Gasteiger partial charge in [0.05, 0.1) is 17.5 Å². The maximum absolute atomic E-state index is 9.64. The van der Waals surface area contributed by atoms with Crippen LogP contribution in [0.3, 0.4) is 0 Å². The molecule has 0 spiro atoms. The zero-order chi connectivity index (χ0) is 10.4. The second-order valence-electron chi connectivity index (χ2n) is 4.24. The maximum atomic E-state index is 9.64. The molecule has 2 atom stereocenters. The zero-order valence-electron chi connectivity index (χ0n) is 8.28. The van der Waals surface area contributed by atoms with E-state index in [-0.39, 0.29) is 6.10 Å². The van der Waals surface area contributed by atoms with Crippen molar-refractivity contribution in [1.29, 1.82) is 0 Å². The normalized spacial score (nSPS) is 28.3. The Kier molecular flexibility index (Phi) is 2.04. The van der Waals surface area contributed by atoms with Gasteiger partial charge >= 0.3 is 0 Å². The molecule has 0 aromatic heterocycles. The molecule has 3 rings (SSSR count). The van der Waals surface area contributed by atoms with Crippen LogP contribution >= 0.6 is 11.6 Å². The number of rotatable bonds is 0. The fourth-order valence-electron chi connectivity index (χ4n) is 2.51. The van der Waals surface area contributed by atoms with Gasteiger partial charge < -0.3 is 15.3 Å². The lowest BCUT2D eigenvalue weighted by Crippen LogP contribution is -2.39. The van der Waals surface area contributed by atoms with E-state index in [1.807, 2.05) is 18.2 Å². The minimum Gasteiger partial charge on any atom is -0.391 e. The van der Waals surface area contributed by atoms with Crippen LogP contribution in [0.25, 0.3) is 0 Å². The molecule has 0 bridgehead atoms. The molecule has 0 saturated carbocycles. The lowest BCUT2D eigenvalue weighted by molar-refractivity contribution is 0.195. The Morgan fingerprint density at radius 3 is 3.20 bits per heavy atom. The fourth-order valence-corrected chi connectivity index (χ4v) is 2.68. The van der Waals surface area contributed by atoms with Crippen LogP contribution in [0.1, 0.15) is 6.42 Å². The Labute approximate surface area is 93.7 Å². The topological polar surface area (TPSA) is 35.5 Å². The van der Waals surface area contributed by atoms with E-state index in [4.69, 9.17) is 11.6 Å². The Morgan fingerprint density at radius 2 is 2.33 bits per heavy atom. The van der Waals surface area contributed by atoms with Crippen LogP contribution in [-0.2, 0) is 0 Å². The average molecular weight is 225 g/mol. The van der Waals surface area contributed by atoms with Gasteiger partial charge in [-0.3, -0.25) is 0 Å². The Balaban J connectivity index is 2.01. The SMILES string of the molecule is OC1CC2CNc3cc(Cl)ccc3N2C1. The van der Waals surface area contributed by atoms with Gasteiger partial charge in [-0.2, -0.15) is 0 Å². The van der Waals surface area contributed by atoms with E-state index < -0.39 is 0 Å². The number of hydrogen-bond acceptors (Lipinski definition) is 3. The molecule has 1 saturated heterocycles. The molecule has 2 N–H and O–H groups in total. The fraction of sp³-hybridized carbons (Fsp3) is 0.455. The molecule has 0 amide bonds. The molecular formula is C11H13ClN2O. The second-order valence-corrected chi connectivity index (χ2v) is 4.67. The number of halogens is 1. The summed E-state index contributed by atoms with van der Waals surface area (Å²) < 4.78 is 0. The molecule has 0 radical (unpaired) electrons. The van der Waals surface area contributed by atoms with Gasteiger partial charge in [0, 0.05) is 24.2 Å². The van der Waals surface area contributed by atoms with Crippen molar-refractivity contribution in [2.75, 3.05) is 23.3 Å². The molecule has 3 nitrogen and oxygen atoms in total. The van der Waals surface area contributed by atoms with Gasteiger partial charge in [-0.25, -0.2) is 0 Å². The smallest absolute Gasteiger partial charge is 0.0735 e. The number of nitrogens with zero attached hydrogens (tertiary/aromatic N) is 1. The van der Waals surface area contributed by atoms with Gasteiger partial charge in [0.1, 0.15) is 0 Å². The van der Waals surface area contributed by atoms with E-state index >= 15 is 0 Å². The first-order valence-corrected chi connectivity index (χ1v) is 5.60. The number of aliphatic hydroxyl groups excluding tert-OH is 1. The molecule has 2 heterocycles. The van der Waals surface area contributed by atoms with E-state index in [2.05, 4.69) is 10.2 Å². The summed E-state index contributed by atoms with van der Waals surface area (Å²) in [7, 11) is 0. The van der Waals surface area contributed by atoms with Crippen LogP contribution < -0.4 is 10.2 Å². The quantitative estimate of drug-likeness (QED) is 0.704. The van der Waals surface area contributed by atoms with Crippen molar-refractivity contribution in [2.45, 2.75) is 18.6 Å². The van der Waals surface area contributed by atoms with Crippen molar-refractivity contribution >= 4 is 23.0 Å². The summed E-state index contributed by atoms with van der Waals surface area (Å²) in [6.45, 7) is 1.63. The largest absolute Gasteiger partial charge is 0.391 e. The zero-order valence-corrected chi connectivity index (χ0v) is 9.04. The van der Waals surface area contributed by atoms with E-state index in [0.717, 1.165) is 35.9 Å². The molecule has 1 aromatic rings. The van der Waals surface area contributed by atoms with Crippen LogP contribution in [0.2, 0.25) is 5.02 Å². The van der Waals surface area contributed by atoms with Gasteiger partial charge in [0.15, 0.2) is 0 Å². The number of fused-ring (bicyclic) bond motifs is 3. The van der Waals surface area contributed by atoms with Gasteiger partial charge in [-0.15, -0.1) is 0 Å². The third kappa shape index (κ3) is 1.46. The van der Waals surface area contributed by atoms with Crippen molar-refractivity contribution in [2.24, 2.45) is 0 Å². The van der Waals surface area contributed by atoms with Crippen molar-refractivity contribution in [3.63, 3.8) is 0 Å². The molecule has 15 heavy (non-hydrogen) atoms. The van der Waals surface area contributed by atoms with Crippen LogP contribution in [0.4, 0.5) is 11.4 Å². The second kappa shape index (κ2) is 3.29. The summed E-state index contributed by atoms with van der Waals surface area (Å²) in [5.41, 5.74) is 2.24. The van der Waals surface area contributed by atoms with Gasteiger partial charge in [0.2, 0.25) is 0 Å². The van der Waals surface area contributed by atoms with E-state index in [9.17, 15) is 5.11 Å². The van der Waals surface area contributed by atoms with Gasteiger partial charge in [-0.1, -0.05) is 11.6 Å². The van der Waals surface area contributed by atoms with Crippen LogP contribution in [0.5, 0.6) is 0 Å². The molecule has 1 fully saturated rings. The minimum atomic E-state index is -0.196. The van der Waals surface area contributed by atoms with Crippen LogP contribution in [0.15, 0.2) is 18.2 Å². The average Bonchev–Trinajstić information content (AvgIpc) is 2.58. The highest BCUT2D eigenvalue weighted by Crippen LogP contribution is 2.37. The number of aliphatic hydroxyl groups is 1. The highest BCUT2D eigenvalue weighted by atomic mass is 35.5. The predicted octanol–water partition coefficient (Wildman–Crippen LogP) is 1.71. The monoisotopic (exact) mass is 224 g/mol. The number of benzene rings is 1. The molecule has 0 aliphatic carbocycles. The third-order valence-corrected chi connectivity index (χ3v) is 3.42. The third-order valence-electron chi connectivity index (χ3n) is 3.19. The molecule has 1 aromatic carbocycles. The Hall–Kier alpha value is -0.930. The summed E-state index contributed by atoms with van der Waals surface area (Å²) >= 11 is 5.94. The maximum Gasteiger partial charge on any atom is 0.0735 e. The molecule has 2 aliphatic rings.